The monoisotopic (exact) mass is 691 g/mol. The van der Waals surface area contributed by atoms with Crippen molar-refractivity contribution in [3.05, 3.63) is 95.7 Å². The lowest BCUT2D eigenvalue weighted by molar-refractivity contribution is -0.131. The highest BCUT2D eigenvalue weighted by molar-refractivity contribution is 6.05. The Balaban J connectivity index is 1.06. The van der Waals surface area contributed by atoms with Crippen LogP contribution in [-0.4, -0.2) is 99.7 Å². The second kappa shape index (κ2) is 13.9. The van der Waals surface area contributed by atoms with Gasteiger partial charge in [-0.15, -0.1) is 5.10 Å². The Kier molecular flexibility index (Phi) is 8.86. The summed E-state index contributed by atoms with van der Waals surface area (Å²) in [6.45, 7) is 4.58. The van der Waals surface area contributed by atoms with Gasteiger partial charge in [0.05, 0.1) is 25.4 Å². The molecule has 262 valence electrons. The van der Waals surface area contributed by atoms with Crippen LogP contribution in [0.3, 0.4) is 0 Å². The minimum Gasteiger partial charge on any atom is -0.496 e. The van der Waals surface area contributed by atoms with Crippen LogP contribution in [0.5, 0.6) is 17.2 Å². The summed E-state index contributed by atoms with van der Waals surface area (Å²) < 4.78 is 35.2. The first kappa shape index (κ1) is 32.5. The Morgan fingerprint density at radius 1 is 0.961 bits per heavy atom. The summed E-state index contributed by atoms with van der Waals surface area (Å²) in [5.74, 6) is 1.49. The largest absolute Gasteiger partial charge is 0.496 e. The summed E-state index contributed by atoms with van der Waals surface area (Å²) in [5.41, 5.74) is 4.22. The lowest BCUT2D eigenvalue weighted by Gasteiger charge is -2.34. The lowest BCUT2D eigenvalue weighted by atomic mass is 9.93. The summed E-state index contributed by atoms with van der Waals surface area (Å²) >= 11 is 0. The van der Waals surface area contributed by atoms with Crippen molar-refractivity contribution >= 4 is 28.3 Å². The highest BCUT2D eigenvalue weighted by Crippen LogP contribution is 2.40. The van der Waals surface area contributed by atoms with E-state index in [0.717, 1.165) is 28.2 Å². The summed E-state index contributed by atoms with van der Waals surface area (Å²) in [6.07, 6.45) is 6.15. The SMILES string of the molecule is COc1ccccc1-c1cc(C2=CCCN(C(=O)CCn3ccnn3)C2)c(F)c2[nH]c(C(=O)N3CCN(Cc4cccc5c4OCO5)CC3)cc12. The number of benzene rings is 3. The topological polar surface area (TPSA) is 118 Å². The molecule has 0 bridgehead atoms. The number of H-pyrrole nitrogens is 1. The molecular weight excluding hydrogens is 653 g/mol. The Morgan fingerprint density at radius 2 is 1.82 bits per heavy atom. The summed E-state index contributed by atoms with van der Waals surface area (Å²) in [6, 6.07) is 17.1. The smallest absolute Gasteiger partial charge is 0.270 e. The van der Waals surface area contributed by atoms with Crippen LogP contribution < -0.4 is 14.2 Å². The van der Waals surface area contributed by atoms with Crippen molar-refractivity contribution in [2.24, 2.45) is 0 Å². The zero-order chi connectivity index (χ0) is 34.9. The van der Waals surface area contributed by atoms with Crippen LogP contribution in [0.15, 0.2) is 73.1 Å². The third-order valence-electron chi connectivity index (χ3n) is 9.89. The molecule has 8 rings (SSSR count). The van der Waals surface area contributed by atoms with Crippen LogP contribution in [-0.2, 0) is 17.9 Å². The quantitative estimate of drug-likeness (QED) is 0.231. The third kappa shape index (κ3) is 6.40. The fourth-order valence-corrected chi connectivity index (χ4v) is 7.21. The van der Waals surface area contributed by atoms with E-state index < -0.39 is 5.82 Å². The number of nitrogens with one attached hydrogen (secondary N) is 1. The molecule has 2 aromatic heterocycles. The van der Waals surface area contributed by atoms with Gasteiger partial charge in [-0.3, -0.25) is 19.2 Å². The molecule has 1 N–H and O–H groups in total. The molecule has 5 aromatic rings. The first-order chi connectivity index (χ1) is 25.0. The summed E-state index contributed by atoms with van der Waals surface area (Å²) in [5, 5.41) is 8.33. The van der Waals surface area contributed by atoms with Crippen molar-refractivity contribution in [1.29, 1.82) is 0 Å². The van der Waals surface area contributed by atoms with Gasteiger partial charge >= 0.3 is 0 Å². The van der Waals surface area contributed by atoms with Crippen LogP contribution in [0.2, 0.25) is 0 Å². The molecule has 1 fully saturated rings. The molecule has 3 aliphatic rings. The average Bonchev–Trinajstić information content (AvgIpc) is 3.97. The first-order valence-electron chi connectivity index (χ1n) is 17.2. The number of aryl methyl sites for hydroxylation is 1. The van der Waals surface area contributed by atoms with Crippen molar-refractivity contribution < 1.29 is 28.2 Å². The zero-order valence-corrected chi connectivity index (χ0v) is 28.3. The van der Waals surface area contributed by atoms with Crippen molar-refractivity contribution in [2.75, 3.05) is 53.2 Å². The van der Waals surface area contributed by atoms with Gasteiger partial charge in [0.1, 0.15) is 11.4 Å². The van der Waals surface area contributed by atoms with Gasteiger partial charge in [-0.2, -0.15) is 0 Å². The standard InChI is InChI=1S/C38H38FN7O5/c1-49-32-9-3-2-8-27(32)29-20-28(25-7-5-13-45(23-25)34(47)11-14-46-15-12-40-42-46)35(39)36-30(29)21-31(41-36)38(48)44-18-16-43(17-19-44)22-26-6-4-10-33-37(26)51-24-50-33/h2-4,6-10,12,15,20-21,41H,5,11,13-14,16-19,22-24H2,1H3. The van der Waals surface area contributed by atoms with E-state index in [0.29, 0.717) is 80.2 Å². The van der Waals surface area contributed by atoms with E-state index in [4.69, 9.17) is 14.2 Å². The fourth-order valence-electron chi connectivity index (χ4n) is 7.21. The molecule has 0 saturated carbocycles. The molecule has 5 heterocycles. The minimum absolute atomic E-state index is 0.0366. The fraction of sp³-hybridized carbons (Fsp3) is 0.316. The second-order valence-corrected chi connectivity index (χ2v) is 12.9. The van der Waals surface area contributed by atoms with Gasteiger partial charge in [-0.05, 0) is 41.8 Å². The normalized spacial score (nSPS) is 16.1. The molecule has 2 amide bonds. The summed E-state index contributed by atoms with van der Waals surface area (Å²) in [4.78, 5) is 36.2. The van der Waals surface area contributed by atoms with E-state index in [1.807, 2.05) is 59.5 Å². The van der Waals surface area contributed by atoms with E-state index in [-0.39, 0.29) is 37.1 Å². The average molecular weight is 692 g/mol. The number of hydrogen-bond donors (Lipinski definition) is 1. The number of nitrogens with zero attached hydrogens (tertiary/aromatic N) is 6. The molecule has 51 heavy (non-hydrogen) atoms. The highest BCUT2D eigenvalue weighted by Gasteiger charge is 2.29. The Morgan fingerprint density at radius 3 is 2.65 bits per heavy atom. The van der Waals surface area contributed by atoms with Gasteiger partial charge in [0, 0.05) is 80.5 Å². The molecule has 0 radical (unpaired) electrons. The minimum atomic E-state index is -0.461. The molecule has 13 heteroatoms. The molecule has 1 saturated heterocycles. The Labute approximate surface area is 294 Å². The van der Waals surface area contributed by atoms with Crippen LogP contribution in [0, 0.1) is 5.82 Å². The molecule has 0 spiro atoms. The number of ether oxygens (including phenoxy) is 3. The number of para-hydroxylation sites is 2. The number of aromatic nitrogens is 4. The summed E-state index contributed by atoms with van der Waals surface area (Å²) in [7, 11) is 1.60. The van der Waals surface area contributed by atoms with E-state index in [9.17, 15) is 9.59 Å². The highest BCUT2D eigenvalue weighted by atomic mass is 19.1. The number of aromatic amines is 1. The van der Waals surface area contributed by atoms with Gasteiger partial charge in [-0.25, -0.2) is 4.39 Å². The number of carbonyl (C=O) groups is 2. The molecule has 0 atom stereocenters. The van der Waals surface area contributed by atoms with Crippen LogP contribution >= 0.6 is 0 Å². The number of amides is 2. The number of methoxy groups -OCH3 is 1. The molecule has 3 aromatic carbocycles. The lowest BCUT2D eigenvalue weighted by Crippen LogP contribution is -2.48. The van der Waals surface area contributed by atoms with E-state index in [2.05, 4.69) is 20.2 Å². The predicted molar refractivity (Wildman–Crippen MR) is 188 cm³/mol. The van der Waals surface area contributed by atoms with E-state index in [1.54, 1.807) is 35.2 Å². The maximum atomic E-state index is 16.7. The maximum Gasteiger partial charge on any atom is 0.270 e. The number of fused-ring (bicyclic) bond motifs is 2. The van der Waals surface area contributed by atoms with Gasteiger partial charge in [0.2, 0.25) is 12.7 Å². The van der Waals surface area contributed by atoms with Crippen molar-refractivity contribution in [3.63, 3.8) is 0 Å². The number of halogens is 1. The van der Waals surface area contributed by atoms with Crippen LogP contribution in [0.1, 0.15) is 34.5 Å². The van der Waals surface area contributed by atoms with Gasteiger partial charge in [0.25, 0.3) is 5.91 Å². The molecular formula is C38H38FN7O5. The molecule has 0 unspecified atom stereocenters. The first-order valence-corrected chi connectivity index (χ1v) is 17.2. The van der Waals surface area contributed by atoms with Gasteiger partial charge in [-0.1, -0.05) is 41.6 Å². The van der Waals surface area contributed by atoms with Crippen molar-refractivity contribution in [2.45, 2.75) is 25.9 Å². The number of rotatable bonds is 9. The number of carbonyl (C=O) groups excluding carboxylic acids is 2. The maximum absolute atomic E-state index is 16.7. The van der Waals surface area contributed by atoms with Crippen LogP contribution in [0.25, 0.3) is 27.6 Å². The van der Waals surface area contributed by atoms with Crippen molar-refractivity contribution in [3.8, 4) is 28.4 Å². The van der Waals surface area contributed by atoms with E-state index in [1.165, 1.54) is 0 Å². The Hall–Kier alpha value is -5.69. The van der Waals surface area contributed by atoms with Crippen LogP contribution in [0.4, 0.5) is 4.39 Å². The van der Waals surface area contributed by atoms with Crippen molar-refractivity contribution in [1.82, 2.24) is 34.7 Å². The third-order valence-corrected chi connectivity index (χ3v) is 9.89. The van der Waals surface area contributed by atoms with Gasteiger partial charge in [0.15, 0.2) is 17.3 Å². The van der Waals surface area contributed by atoms with E-state index >= 15 is 4.39 Å². The number of piperazine rings is 1. The molecule has 0 aliphatic carbocycles. The predicted octanol–water partition coefficient (Wildman–Crippen LogP) is 4.97. The Bertz CT molecular complexity index is 2120. The number of hydrogen-bond acceptors (Lipinski definition) is 8. The second-order valence-electron chi connectivity index (χ2n) is 12.9. The molecule has 3 aliphatic heterocycles. The molecule has 12 nitrogen and oxygen atoms in total. The van der Waals surface area contributed by atoms with Gasteiger partial charge < -0.3 is 29.0 Å². The zero-order valence-electron chi connectivity index (χ0n) is 28.3.